The van der Waals surface area contributed by atoms with E-state index in [1.807, 2.05) is 0 Å². The highest BCUT2D eigenvalue weighted by Gasteiger charge is 2.14. The second kappa shape index (κ2) is 22.9. The van der Waals surface area contributed by atoms with E-state index in [1.165, 1.54) is 0 Å². The summed E-state index contributed by atoms with van der Waals surface area (Å²) in [4.78, 5) is 23.1. The van der Waals surface area contributed by atoms with Crippen molar-refractivity contribution < 1.29 is 24.2 Å². The van der Waals surface area contributed by atoms with Crippen LogP contribution in [0.25, 0.3) is 0 Å². The summed E-state index contributed by atoms with van der Waals surface area (Å²) in [5.74, 6) is 53.1. The SMILES string of the molecule is C#CC#CC#CC#CC#CC#CC#CC(=O)O[C@@H](CO)COC(=O)C#CC#CC#CC#CC#CC#C. The number of carbonyl (C=O) groups excluding carboxylic acids is 2. The molecule has 0 fully saturated rings. The lowest BCUT2D eigenvalue weighted by atomic mass is 10.4. The van der Waals surface area contributed by atoms with Crippen LogP contribution in [0, 0.1) is 155 Å². The van der Waals surface area contributed by atoms with Gasteiger partial charge in [-0.25, -0.2) is 9.59 Å². The molecule has 36 heavy (non-hydrogen) atoms. The van der Waals surface area contributed by atoms with Crippen LogP contribution in [0.15, 0.2) is 0 Å². The number of rotatable bonds is 4. The summed E-state index contributed by atoms with van der Waals surface area (Å²) in [6.45, 7) is -1.07. The average Bonchev–Trinajstić information content (AvgIpc) is 2.88. The Labute approximate surface area is 210 Å². The summed E-state index contributed by atoms with van der Waals surface area (Å²) in [5.41, 5.74) is 0. The van der Waals surface area contributed by atoms with Crippen molar-refractivity contribution >= 4 is 11.9 Å². The van der Waals surface area contributed by atoms with Crippen molar-refractivity contribution in [1.82, 2.24) is 0 Å². The van der Waals surface area contributed by atoms with Crippen molar-refractivity contribution in [3.8, 4) is 155 Å². The molecule has 0 aromatic carbocycles. The van der Waals surface area contributed by atoms with E-state index in [0.717, 1.165) is 0 Å². The maximum absolute atomic E-state index is 11.6. The van der Waals surface area contributed by atoms with Gasteiger partial charge in [0.05, 0.1) is 6.61 Å². The van der Waals surface area contributed by atoms with Gasteiger partial charge in [-0.3, -0.25) is 0 Å². The molecule has 0 amide bonds. The summed E-state index contributed by atoms with van der Waals surface area (Å²) in [6, 6.07) is 0. The number of terminal acetylenes is 2. The van der Waals surface area contributed by atoms with Crippen molar-refractivity contribution in [2.75, 3.05) is 13.2 Å². The third kappa shape index (κ3) is 20.5. The minimum Gasteiger partial charge on any atom is -0.452 e. The number of hydrogen-bond acceptors (Lipinski definition) is 5. The number of esters is 2. The van der Waals surface area contributed by atoms with Crippen LogP contribution in [0.4, 0.5) is 0 Å². The Bertz CT molecular complexity index is 1660. The molecule has 0 rings (SSSR count). The summed E-state index contributed by atoms with van der Waals surface area (Å²) >= 11 is 0. The first-order chi connectivity index (χ1) is 17.6. The quantitative estimate of drug-likeness (QED) is 0.322. The molecular weight excluding hydrogens is 452 g/mol. The summed E-state index contributed by atoms with van der Waals surface area (Å²) in [7, 11) is 0. The lowest BCUT2D eigenvalue weighted by molar-refractivity contribution is -0.153. The molecule has 5 heteroatoms. The zero-order valence-electron chi connectivity index (χ0n) is 18.2. The third-order valence-corrected chi connectivity index (χ3v) is 2.48. The van der Waals surface area contributed by atoms with Gasteiger partial charge >= 0.3 is 11.9 Å². The number of aliphatic hydroxyl groups is 1. The molecule has 1 N–H and O–H groups in total. The standard InChI is InChI=1S/C31H8O5/c1-3-5-7-9-11-13-15-16-18-20-22-24-26-31(34)36-29(27-32)28-35-30(33)25-23-21-19-17-14-12-10-8-6-4-2/h1-2,29,32H,27-28H2/t29-/m0/s1. The van der Waals surface area contributed by atoms with Crippen LogP contribution >= 0.6 is 0 Å². The Balaban J connectivity index is 4.58. The predicted molar refractivity (Wildman–Crippen MR) is 131 cm³/mol. The smallest absolute Gasteiger partial charge is 0.385 e. The largest absolute Gasteiger partial charge is 0.452 e. The van der Waals surface area contributed by atoms with Crippen LogP contribution in [-0.2, 0) is 19.1 Å². The molecule has 0 unspecified atom stereocenters. The number of carbonyl (C=O) groups is 2. The molecular formula is C31H8O5. The summed E-state index contributed by atoms with van der Waals surface area (Å²) in [6.07, 6.45) is 8.66. The van der Waals surface area contributed by atoms with Crippen LogP contribution in [-0.4, -0.2) is 36.4 Å². The third-order valence-electron chi connectivity index (χ3n) is 2.48. The van der Waals surface area contributed by atoms with Gasteiger partial charge in [0, 0.05) is 11.8 Å². The first-order valence-electron chi connectivity index (χ1n) is 9.05. The van der Waals surface area contributed by atoms with Crippen LogP contribution in [0.5, 0.6) is 0 Å². The molecule has 5 nitrogen and oxygen atoms in total. The molecule has 0 spiro atoms. The monoisotopic (exact) mass is 460 g/mol. The van der Waals surface area contributed by atoms with Gasteiger partial charge in [-0.1, -0.05) is 0 Å². The van der Waals surface area contributed by atoms with Gasteiger partial charge in [0.15, 0.2) is 6.10 Å². The van der Waals surface area contributed by atoms with Crippen molar-refractivity contribution in [1.29, 1.82) is 0 Å². The fourth-order valence-corrected chi connectivity index (χ4v) is 1.25. The molecule has 0 aliphatic heterocycles. The first-order valence-corrected chi connectivity index (χ1v) is 9.05. The van der Waals surface area contributed by atoms with Crippen molar-refractivity contribution in [3.05, 3.63) is 0 Å². The average molecular weight is 460 g/mol. The molecule has 0 saturated heterocycles. The minimum atomic E-state index is -1.15. The predicted octanol–water partition coefficient (Wildman–Crippen LogP) is -1.26. The molecule has 0 aliphatic carbocycles. The van der Waals surface area contributed by atoms with Gasteiger partial charge in [-0.05, 0) is 130 Å². The van der Waals surface area contributed by atoms with Crippen molar-refractivity contribution in [2.24, 2.45) is 0 Å². The minimum absolute atomic E-state index is 0.452. The highest BCUT2D eigenvalue weighted by atomic mass is 16.6. The van der Waals surface area contributed by atoms with E-state index in [4.69, 9.17) is 22.3 Å². The van der Waals surface area contributed by atoms with Crippen LogP contribution in [0.2, 0.25) is 0 Å². The van der Waals surface area contributed by atoms with E-state index in [1.54, 1.807) is 0 Å². The molecule has 0 radical (unpaired) electrons. The lowest BCUT2D eigenvalue weighted by Gasteiger charge is -2.12. The van der Waals surface area contributed by atoms with Crippen LogP contribution in [0.1, 0.15) is 0 Å². The van der Waals surface area contributed by atoms with E-state index < -0.39 is 31.3 Å². The normalized spacial score (nSPS) is 6.53. The zero-order valence-corrected chi connectivity index (χ0v) is 18.2. The Morgan fingerprint density at radius 2 is 0.889 bits per heavy atom. The van der Waals surface area contributed by atoms with E-state index in [-0.39, 0.29) is 0 Å². The second-order valence-corrected chi connectivity index (χ2v) is 4.85. The number of ether oxygens (including phenoxy) is 2. The molecule has 0 aliphatic rings. The van der Waals surface area contributed by atoms with Gasteiger partial charge in [0.25, 0.3) is 0 Å². The molecule has 1 atom stereocenters. The topological polar surface area (TPSA) is 72.8 Å². The van der Waals surface area contributed by atoms with Gasteiger partial charge in [-0.2, -0.15) is 0 Å². The van der Waals surface area contributed by atoms with E-state index in [2.05, 4.69) is 142 Å². The fraction of sp³-hybridized carbons (Fsp3) is 0.0968. The van der Waals surface area contributed by atoms with E-state index in [0.29, 0.717) is 0 Å². The summed E-state index contributed by atoms with van der Waals surface area (Å²) < 4.78 is 9.58. The number of aliphatic hydroxyl groups excluding tert-OH is 1. The Morgan fingerprint density at radius 1 is 0.556 bits per heavy atom. The van der Waals surface area contributed by atoms with Gasteiger partial charge in [-0.15, -0.1) is 12.8 Å². The first kappa shape index (κ1) is 29.2. The van der Waals surface area contributed by atoms with Gasteiger partial charge in [0.1, 0.15) is 6.61 Å². The molecule has 162 valence electrons. The van der Waals surface area contributed by atoms with E-state index in [9.17, 15) is 14.7 Å². The fourth-order valence-electron chi connectivity index (χ4n) is 1.25. The Kier molecular flexibility index (Phi) is 18.5. The highest BCUT2D eigenvalue weighted by molar-refractivity contribution is 5.90. The molecule has 0 aromatic rings. The van der Waals surface area contributed by atoms with Gasteiger partial charge < -0.3 is 14.6 Å². The number of hydrogen-bond donors (Lipinski definition) is 1. The highest BCUT2D eigenvalue weighted by Crippen LogP contribution is 1.94. The van der Waals surface area contributed by atoms with Gasteiger partial charge in [0.2, 0.25) is 0 Å². The zero-order chi connectivity index (χ0) is 26.5. The second-order valence-electron chi connectivity index (χ2n) is 4.85. The van der Waals surface area contributed by atoms with Crippen molar-refractivity contribution in [3.63, 3.8) is 0 Å². The van der Waals surface area contributed by atoms with Crippen molar-refractivity contribution in [2.45, 2.75) is 6.10 Å². The molecule has 0 heterocycles. The maximum Gasteiger partial charge on any atom is 0.385 e. The summed E-state index contributed by atoms with van der Waals surface area (Å²) in [5, 5.41) is 9.22. The Hall–Kier alpha value is -6.82. The van der Waals surface area contributed by atoms with Crippen LogP contribution < -0.4 is 0 Å². The Morgan fingerprint density at radius 3 is 1.25 bits per heavy atom. The molecule has 0 saturated carbocycles. The lowest BCUT2D eigenvalue weighted by Crippen LogP contribution is -2.27. The molecule has 0 bridgehead atoms. The molecule has 0 aromatic heterocycles. The van der Waals surface area contributed by atoms with E-state index >= 15 is 0 Å². The van der Waals surface area contributed by atoms with Crippen LogP contribution in [0.3, 0.4) is 0 Å². The maximum atomic E-state index is 11.6.